The number of H-pyrrole nitrogens is 1. The van der Waals surface area contributed by atoms with E-state index in [-0.39, 0.29) is 38.2 Å². The van der Waals surface area contributed by atoms with Gasteiger partial charge in [-0.05, 0) is 500 Å². The number of ether oxygens (including phenoxy) is 2. The molecule has 13 aromatic rings. The molecule has 0 aliphatic carbocycles. The van der Waals surface area contributed by atoms with Crippen molar-refractivity contribution in [3.8, 4) is 35.5 Å². The predicted molar refractivity (Wildman–Crippen MR) is 630 cm³/mol. The summed E-state index contributed by atoms with van der Waals surface area (Å²) in [6.07, 6.45) is 3.55. The Morgan fingerprint density at radius 2 is 0.944 bits per heavy atom. The molecule has 2 aliphatic heterocycles. The molecular weight excluding hydrogens is 2700 g/mol. The number of fused-ring (bicyclic) bond motifs is 3. The molecule has 0 radical (unpaired) electrons. The van der Waals surface area contributed by atoms with Gasteiger partial charge in [0.15, 0.2) is 0 Å². The number of aromatic amines is 1. The Bertz CT molecular complexity index is 7090. The maximum Gasteiger partial charge on any atom is 0.820 e. The van der Waals surface area contributed by atoms with Crippen molar-refractivity contribution in [1.29, 1.82) is 21.0 Å². The second kappa shape index (κ2) is 63.1. The first-order chi connectivity index (χ1) is 67.2. The summed E-state index contributed by atoms with van der Waals surface area (Å²) in [5, 5.41) is 45.5. The summed E-state index contributed by atoms with van der Waals surface area (Å²) < 4.78 is 66.7. The molecule has 15 rings (SSSR count). The summed E-state index contributed by atoms with van der Waals surface area (Å²) in [5.74, 6) is 2.68. The van der Waals surface area contributed by atoms with E-state index in [2.05, 4.69) is 313 Å². The molecule has 0 unspecified atom stereocenters. The zero-order chi connectivity index (χ0) is 110. The number of anilines is 4. The Morgan fingerprint density at radius 1 is 0.528 bits per heavy atom. The fourth-order valence-electron chi connectivity index (χ4n) is 12.1. The summed E-state index contributed by atoms with van der Waals surface area (Å²) in [4.78, 5) is 70.4. The summed E-state index contributed by atoms with van der Waals surface area (Å²) in [6, 6.07) is 43.1. The second-order valence-electron chi connectivity index (χ2n) is 32.0. The molecule has 7 heterocycles. The minimum absolute atomic E-state index is 0.0753. The van der Waals surface area contributed by atoms with Crippen LogP contribution >= 0.6 is 221 Å². The van der Waals surface area contributed by atoms with Crippen LogP contribution in [-0.4, -0.2) is 93.7 Å². The van der Waals surface area contributed by atoms with Crippen LogP contribution in [-0.2, 0) is 18.8 Å². The van der Waals surface area contributed by atoms with Gasteiger partial charge in [-0.25, -0.2) is 43.3 Å². The van der Waals surface area contributed by atoms with Crippen LogP contribution in [0.15, 0.2) is 142 Å². The fourth-order valence-corrected chi connectivity index (χ4v) is 17.7. The average Bonchev–Trinajstić information content (AvgIpc) is 0.930. The molecule has 764 valence electrons. The summed E-state index contributed by atoms with van der Waals surface area (Å²) in [6.45, 7) is 45.5. The molecule has 9 N–H and O–H groups in total. The van der Waals surface area contributed by atoms with Gasteiger partial charge in [0.2, 0.25) is 22.4 Å². The Labute approximate surface area is 950 Å². The van der Waals surface area contributed by atoms with Gasteiger partial charge in [-0.1, -0.05) is 30.3 Å². The highest BCUT2D eigenvalue weighted by Crippen LogP contribution is 2.61. The number of nitrogens with two attached hydrogens (primary N) is 4. The van der Waals surface area contributed by atoms with Crippen LogP contribution in [0.4, 0.5) is 46.6 Å². The summed E-state index contributed by atoms with van der Waals surface area (Å²) in [7, 11) is -3.08. The number of nitro benzene ring substituents is 1. The Morgan fingerprint density at radius 3 is 1.38 bits per heavy atom. The quantitative estimate of drug-likeness (QED) is 0.00986. The van der Waals surface area contributed by atoms with Crippen LogP contribution in [0, 0.1) is 199 Å². The number of nitriles is 4. The number of benzene rings is 8. The SMILES string of the molecule is CC#N.Cc1cc(N)c(C#N)c(I)c1C.Cc1cc([N+](=O)[O-])c(C#N)c(I)c1C.Cc1cc2[nH]c(=O)nc(N)c2c(I)c1C.Cc1cc2nc(Cl)nc(N)c2c(-c2ccccn2)c1C.Cc1cc2nc(Cl)nc(N)c2c(I)c1C.Cc1ccc(C#N)c(I)c1C.Cc1ccc(C2=NC(C)(C)CO2)c(I)c1C.Cc1ccc(C2=NC(C)(C)CO2)cc1C.Cc1ccccn1.ClCCl.FF.O=NOB(F)F.O=P(Cl)(Cl)Cl. The fraction of sp³-hybridized carbons (Fsp3) is 0.278. The van der Waals surface area contributed by atoms with Crippen LogP contribution in [0.25, 0.3) is 44.0 Å². The monoisotopic (exact) mass is 2800 g/mol. The highest BCUT2D eigenvalue weighted by atomic mass is 127. The lowest BCUT2D eigenvalue weighted by atomic mass is 9.95. The van der Waals surface area contributed by atoms with Crippen molar-refractivity contribution >= 4 is 302 Å². The van der Waals surface area contributed by atoms with Crippen molar-refractivity contribution in [3.63, 3.8) is 0 Å². The van der Waals surface area contributed by atoms with Crippen LogP contribution < -0.4 is 28.6 Å². The molecule has 0 bridgehead atoms. The molecule has 5 aromatic heterocycles. The van der Waals surface area contributed by atoms with Gasteiger partial charge in [0.1, 0.15) is 59.8 Å². The number of hydrogen-bond acceptors (Lipinski definition) is 26. The molecule has 2 aliphatic rings. The largest absolute Gasteiger partial charge is 0.820 e. The number of halogens is 17. The van der Waals surface area contributed by atoms with Gasteiger partial charge >= 0.3 is 18.4 Å². The smallest absolute Gasteiger partial charge is 0.475 e. The number of alkyl halides is 2. The van der Waals surface area contributed by atoms with Gasteiger partial charge in [-0.3, -0.25) is 24.6 Å². The first-order valence-electron chi connectivity index (χ1n) is 41.8. The number of pyridine rings is 2. The molecule has 0 saturated heterocycles. The van der Waals surface area contributed by atoms with Crippen molar-refractivity contribution in [2.45, 2.75) is 163 Å². The lowest BCUT2D eigenvalue weighted by Crippen LogP contribution is -2.17. The van der Waals surface area contributed by atoms with E-state index in [0.29, 0.717) is 45.5 Å². The Kier molecular flexibility index (Phi) is 57.6. The third-order valence-corrected chi connectivity index (χ3v) is 29.1. The number of nitrogen functional groups attached to an aromatic ring is 4. The van der Waals surface area contributed by atoms with Gasteiger partial charge < -0.3 is 42.1 Å². The maximum atomic E-state index is 11.2. The third-order valence-electron chi connectivity index (χ3n) is 20.6. The number of rotatable bonds is 6. The standard InChI is InChI=1S/C15H13ClN4.C13H16INO.C13H17NO.C10H9ClIN3.C10H10IN3O.C9H7IN2O2.C9H9IN2.C9H8IN.C6H7N.C2H3N.CH2Cl2.BF2NO2.Cl3OP.F2/c1-8-7-11-13(14(17)20-15(16)19-11)12(9(8)2)10-5-3-4-6-18-10;1-8-5-6-10(11(14)9(8)2)12-15-13(3,4)7-16-12;1-9-5-6-11(7-10(9)2)12-14-13(3,4)8-15-12;1-4-3-6-7(8(12)5(4)2)9(13)15-10(11)14-6;1-4-3-6-7(8(11)5(4)2)9(12)14-10(15)13-6;1-5-3-8(12(13)14)7(4-11)9(10)6(5)2;1-5-3-8(12)7(4-11)9(10)6(5)2;1-6-3-4-8(5-11)9(10)7(6)2;1-6-4-2-3-5-7-6;1-2-3;2-1-3;2-1(3)6-4-5;1-5(2,3)4;1-2/h3-7H,1-2H3,(H2,17,19,20);5-6H,7H2,1-4H3;5-7H,8H2,1-4H3;3H,1-2H3,(H2,13,14,15);3H,1-2H3,(H3,12,13,14,15);3H,1-2H3;3H,12H2,1-2H3;3-4H,1-2H3;2-5H,1H3;1H3;1H2;;;. The van der Waals surface area contributed by atoms with E-state index in [1.54, 1.807) is 25.4 Å². The number of nitrogens with zero attached hydrogens (tertiary/aromatic N) is 15. The molecule has 0 amide bonds. The number of nitrogens with one attached hydrogen (secondary N) is 1. The van der Waals surface area contributed by atoms with Crippen LogP contribution in [0.2, 0.25) is 10.6 Å². The van der Waals surface area contributed by atoms with Crippen molar-refractivity contribution < 1.29 is 41.5 Å². The van der Waals surface area contributed by atoms with E-state index < -0.39 is 23.3 Å². The summed E-state index contributed by atoms with van der Waals surface area (Å²) in [5.41, 5.74) is 50.7. The average molecular weight is 2800 g/mol. The van der Waals surface area contributed by atoms with E-state index >= 15 is 0 Å². The van der Waals surface area contributed by atoms with E-state index in [0.717, 1.165) is 131 Å². The van der Waals surface area contributed by atoms with Gasteiger partial charge in [0, 0.05) is 78.3 Å². The normalized spacial score (nSPS) is 11.5. The first-order valence-corrected chi connectivity index (χ1v) is 54.5. The zero-order valence-corrected chi connectivity index (χ0v) is 101. The van der Waals surface area contributed by atoms with Crippen molar-refractivity contribution in [1.82, 2.24) is 39.9 Å². The number of nitro groups is 1. The summed E-state index contributed by atoms with van der Waals surface area (Å²) >= 11 is 48.2. The van der Waals surface area contributed by atoms with Crippen molar-refractivity contribution in [2.75, 3.05) is 41.5 Å². The third kappa shape index (κ3) is 41.4. The van der Waals surface area contributed by atoms with E-state index in [1.165, 1.54) is 72.0 Å². The highest BCUT2D eigenvalue weighted by Gasteiger charge is 2.30. The second-order valence-corrected chi connectivity index (χ2v) is 46.6. The molecule has 0 atom stereocenters. The maximum absolute atomic E-state index is 11.2. The van der Waals surface area contributed by atoms with Crippen LogP contribution in [0.5, 0.6) is 0 Å². The lowest BCUT2D eigenvalue weighted by Gasteiger charge is -2.13. The van der Waals surface area contributed by atoms with Crippen molar-refractivity contribution in [3.05, 3.63) is 302 Å². The van der Waals surface area contributed by atoms with Crippen LogP contribution in [0.3, 0.4) is 0 Å². The molecule has 28 nitrogen and oxygen atoms in total. The highest BCUT2D eigenvalue weighted by molar-refractivity contribution is 14.1. The topological polar surface area (TPSA) is 464 Å². The van der Waals surface area contributed by atoms with E-state index in [1.807, 2.05) is 171 Å². The van der Waals surface area contributed by atoms with Crippen LogP contribution in [0.1, 0.15) is 157 Å². The number of hydrogen-bond donors (Lipinski definition) is 5. The molecule has 47 heteroatoms. The van der Waals surface area contributed by atoms with Gasteiger partial charge in [0.25, 0.3) is 5.69 Å². The Hall–Kier alpha value is -8.80. The molecule has 0 fully saturated rings. The number of aromatic nitrogens is 8. The van der Waals surface area contributed by atoms with Crippen molar-refractivity contribution in [2.24, 2.45) is 15.3 Å². The van der Waals surface area contributed by atoms with Gasteiger partial charge in [-0.2, -0.15) is 26.0 Å². The first kappa shape index (κ1) is 131. The molecule has 144 heavy (non-hydrogen) atoms. The molecular formula is C97H101BCl7F4I6N20O8P. The van der Waals surface area contributed by atoms with E-state index in [4.69, 9.17) is 114 Å². The molecule has 0 spiro atoms. The minimum atomic E-state index is -3.22. The molecule has 0 saturated carbocycles. The lowest BCUT2D eigenvalue weighted by molar-refractivity contribution is -0.385. The van der Waals surface area contributed by atoms with E-state index in [9.17, 15) is 28.1 Å². The minimum Gasteiger partial charge on any atom is -0.475 e. The number of aryl methyl sites for hydroxylation is 10. The van der Waals surface area contributed by atoms with Gasteiger partial charge in [-0.15, -0.1) is 28.1 Å². The predicted octanol–water partition coefficient (Wildman–Crippen LogP) is 30.1. The molecule has 8 aromatic carbocycles. The number of aliphatic imine (C=N–C) groups is 2. The van der Waals surface area contributed by atoms with Gasteiger partial charge in [0.05, 0.1) is 82.6 Å². The zero-order valence-electron chi connectivity index (χ0n) is 81.9. The Balaban J connectivity index is 0.000000539.